The molecular weight excluding hydrogens is 328 g/mol. The topological polar surface area (TPSA) is 60.5 Å². The molecule has 3 aromatic rings. The van der Waals surface area contributed by atoms with Gasteiger partial charge in [-0.15, -0.1) is 0 Å². The molecule has 0 saturated heterocycles. The molecule has 0 saturated carbocycles. The van der Waals surface area contributed by atoms with Crippen molar-refractivity contribution in [3.05, 3.63) is 89.6 Å². The summed E-state index contributed by atoms with van der Waals surface area (Å²) in [6.45, 7) is 0.993. The van der Waals surface area contributed by atoms with Crippen molar-refractivity contribution in [2.24, 2.45) is 0 Å². The van der Waals surface area contributed by atoms with Crippen molar-refractivity contribution in [2.75, 3.05) is 7.11 Å². The van der Waals surface area contributed by atoms with Gasteiger partial charge in [-0.2, -0.15) is 0 Å². The number of hydrogen-bond donors (Lipinski definition) is 1. The van der Waals surface area contributed by atoms with E-state index in [1.54, 1.807) is 19.2 Å². The monoisotopic (exact) mass is 348 g/mol. The zero-order valence-corrected chi connectivity index (χ0v) is 14.5. The molecule has 0 aliphatic rings. The highest BCUT2D eigenvalue weighted by Crippen LogP contribution is 2.18. The van der Waals surface area contributed by atoms with Crippen LogP contribution in [-0.2, 0) is 17.9 Å². The van der Waals surface area contributed by atoms with Crippen molar-refractivity contribution in [1.82, 2.24) is 10.3 Å². The molecule has 3 rings (SSSR count). The van der Waals surface area contributed by atoms with Gasteiger partial charge in [0, 0.05) is 25.9 Å². The number of aromatic nitrogens is 1. The number of benzene rings is 2. The lowest BCUT2D eigenvalue weighted by atomic mass is 10.1. The Balaban J connectivity index is 1.57. The highest BCUT2D eigenvalue weighted by molar-refractivity contribution is 5.93. The zero-order chi connectivity index (χ0) is 18.2. The number of para-hydroxylation sites is 1. The number of ether oxygens (including phenoxy) is 2. The second-order valence-electron chi connectivity index (χ2n) is 5.74. The van der Waals surface area contributed by atoms with Crippen LogP contribution in [0.2, 0.25) is 0 Å². The molecule has 0 aliphatic carbocycles. The third-order valence-electron chi connectivity index (χ3n) is 3.72. The average molecular weight is 348 g/mol. The van der Waals surface area contributed by atoms with Crippen LogP contribution < -0.4 is 10.1 Å². The summed E-state index contributed by atoms with van der Waals surface area (Å²) in [5.41, 5.74) is 2.58. The van der Waals surface area contributed by atoms with Crippen LogP contribution in [0.25, 0.3) is 0 Å². The van der Waals surface area contributed by atoms with Gasteiger partial charge < -0.3 is 14.8 Å². The maximum Gasteiger partial charge on any atom is 0.253 e. The molecule has 1 aromatic heterocycles. The fourth-order valence-corrected chi connectivity index (χ4v) is 2.46. The molecule has 0 unspecified atom stereocenters. The van der Waals surface area contributed by atoms with Gasteiger partial charge in [-0.3, -0.25) is 4.79 Å². The second kappa shape index (κ2) is 8.78. The molecule has 0 atom stereocenters. The molecule has 0 fully saturated rings. The number of methoxy groups -OCH3 is 1. The largest absolute Gasteiger partial charge is 0.439 e. The van der Waals surface area contributed by atoms with Crippen molar-refractivity contribution in [3.63, 3.8) is 0 Å². The Morgan fingerprint density at radius 3 is 2.54 bits per heavy atom. The van der Waals surface area contributed by atoms with Crippen molar-refractivity contribution >= 4 is 5.91 Å². The highest BCUT2D eigenvalue weighted by Gasteiger charge is 2.07. The fraction of sp³-hybridized carbons (Fsp3) is 0.143. The summed E-state index contributed by atoms with van der Waals surface area (Å²) in [5, 5.41) is 2.89. The smallest absolute Gasteiger partial charge is 0.253 e. The first kappa shape index (κ1) is 17.6. The van der Waals surface area contributed by atoms with Crippen LogP contribution in [0, 0.1) is 0 Å². The molecule has 0 bridgehead atoms. The van der Waals surface area contributed by atoms with E-state index in [-0.39, 0.29) is 5.91 Å². The first-order valence-electron chi connectivity index (χ1n) is 8.28. The number of nitrogens with zero attached hydrogens (tertiary/aromatic N) is 1. The summed E-state index contributed by atoms with van der Waals surface area (Å²) in [6.07, 6.45) is 1.51. The SMILES string of the molecule is COCc1cccc(CNC(=O)c2ccc(Oc3ccccc3)nc2)c1. The van der Waals surface area contributed by atoms with Crippen LogP contribution in [0.5, 0.6) is 11.6 Å². The standard InChI is InChI=1S/C21H20N2O3/c1-25-15-17-7-5-6-16(12-17)13-23-21(24)18-10-11-20(22-14-18)26-19-8-3-2-4-9-19/h2-12,14H,13,15H2,1H3,(H,23,24). The van der Waals surface area contributed by atoms with E-state index in [9.17, 15) is 4.79 Å². The van der Waals surface area contributed by atoms with Gasteiger partial charge in [0.1, 0.15) is 5.75 Å². The number of rotatable bonds is 7. The van der Waals surface area contributed by atoms with Crippen molar-refractivity contribution in [3.8, 4) is 11.6 Å². The molecule has 0 spiro atoms. The predicted molar refractivity (Wildman–Crippen MR) is 99.1 cm³/mol. The van der Waals surface area contributed by atoms with E-state index in [4.69, 9.17) is 9.47 Å². The van der Waals surface area contributed by atoms with Gasteiger partial charge >= 0.3 is 0 Å². The molecule has 1 N–H and O–H groups in total. The molecular formula is C21H20N2O3. The van der Waals surface area contributed by atoms with Gasteiger partial charge in [0.2, 0.25) is 5.88 Å². The third-order valence-corrected chi connectivity index (χ3v) is 3.72. The van der Waals surface area contributed by atoms with E-state index in [0.717, 1.165) is 11.1 Å². The number of pyridine rings is 1. The summed E-state index contributed by atoms with van der Waals surface area (Å²) in [7, 11) is 1.66. The van der Waals surface area contributed by atoms with E-state index in [0.29, 0.717) is 30.3 Å². The lowest BCUT2D eigenvalue weighted by molar-refractivity contribution is 0.0950. The van der Waals surface area contributed by atoms with Gasteiger partial charge in [-0.1, -0.05) is 42.5 Å². The molecule has 1 heterocycles. The summed E-state index contributed by atoms with van der Waals surface area (Å²) >= 11 is 0. The molecule has 26 heavy (non-hydrogen) atoms. The molecule has 5 nitrogen and oxygen atoms in total. The van der Waals surface area contributed by atoms with Gasteiger partial charge in [0.05, 0.1) is 12.2 Å². The zero-order valence-electron chi connectivity index (χ0n) is 14.5. The Hall–Kier alpha value is -3.18. The lowest BCUT2D eigenvalue weighted by Gasteiger charge is -2.08. The van der Waals surface area contributed by atoms with Crippen LogP contribution >= 0.6 is 0 Å². The maximum atomic E-state index is 12.3. The Labute approximate surface area is 152 Å². The Kier molecular flexibility index (Phi) is 5.96. The van der Waals surface area contributed by atoms with E-state index in [2.05, 4.69) is 10.3 Å². The normalized spacial score (nSPS) is 10.3. The number of hydrogen-bond acceptors (Lipinski definition) is 4. The maximum absolute atomic E-state index is 12.3. The molecule has 132 valence electrons. The predicted octanol–water partition coefficient (Wildman–Crippen LogP) is 3.95. The lowest BCUT2D eigenvalue weighted by Crippen LogP contribution is -2.22. The molecule has 2 aromatic carbocycles. The second-order valence-corrected chi connectivity index (χ2v) is 5.74. The number of nitrogens with one attached hydrogen (secondary N) is 1. The Morgan fingerprint density at radius 1 is 1.00 bits per heavy atom. The number of carbonyl (C=O) groups excluding carboxylic acids is 1. The van der Waals surface area contributed by atoms with Crippen molar-refractivity contribution in [1.29, 1.82) is 0 Å². The highest BCUT2D eigenvalue weighted by atomic mass is 16.5. The summed E-state index contributed by atoms with van der Waals surface area (Å²) in [5.74, 6) is 0.967. The molecule has 1 amide bonds. The molecule has 0 aliphatic heterocycles. The van der Waals surface area contributed by atoms with E-state index < -0.39 is 0 Å². The first-order valence-corrected chi connectivity index (χ1v) is 8.28. The molecule has 0 radical (unpaired) electrons. The summed E-state index contributed by atoms with van der Waals surface area (Å²) in [6, 6.07) is 20.7. The van der Waals surface area contributed by atoms with Gasteiger partial charge in [0.15, 0.2) is 0 Å². The summed E-state index contributed by atoms with van der Waals surface area (Å²) < 4.78 is 10.7. The number of carbonyl (C=O) groups is 1. The van der Waals surface area contributed by atoms with E-state index in [1.165, 1.54) is 6.20 Å². The Morgan fingerprint density at radius 2 is 1.81 bits per heavy atom. The van der Waals surface area contributed by atoms with E-state index >= 15 is 0 Å². The minimum absolute atomic E-state index is 0.180. The minimum Gasteiger partial charge on any atom is -0.439 e. The van der Waals surface area contributed by atoms with Gasteiger partial charge in [0.25, 0.3) is 5.91 Å². The fourth-order valence-electron chi connectivity index (χ4n) is 2.46. The van der Waals surface area contributed by atoms with Crippen LogP contribution in [0.3, 0.4) is 0 Å². The quantitative estimate of drug-likeness (QED) is 0.702. The van der Waals surface area contributed by atoms with E-state index in [1.807, 2.05) is 54.6 Å². The van der Waals surface area contributed by atoms with Crippen LogP contribution in [0.15, 0.2) is 72.9 Å². The van der Waals surface area contributed by atoms with Gasteiger partial charge in [-0.25, -0.2) is 4.98 Å². The van der Waals surface area contributed by atoms with Crippen LogP contribution in [-0.4, -0.2) is 18.0 Å². The van der Waals surface area contributed by atoms with Crippen LogP contribution in [0.4, 0.5) is 0 Å². The minimum atomic E-state index is -0.180. The molecule has 5 heteroatoms. The van der Waals surface area contributed by atoms with Crippen molar-refractivity contribution in [2.45, 2.75) is 13.2 Å². The Bertz CT molecular complexity index is 849. The van der Waals surface area contributed by atoms with Crippen molar-refractivity contribution < 1.29 is 14.3 Å². The van der Waals surface area contributed by atoms with Crippen LogP contribution in [0.1, 0.15) is 21.5 Å². The summed E-state index contributed by atoms with van der Waals surface area (Å²) in [4.78, 5) is 16.5. The first-order chi connectivity index (χ1) is 12.7. The third kappa shape index (κ3) is 4.91. The van der Waals surface area contributed by atoms with Gasteiger partial charge in [-0.05, 0) is 29.3 Å². The number of amides is 1. The average Bonchev–Trinajstić information content (AvgIpc) is 2.68.